The van der Waals surface area contributed by atoms with Gasteiger partial charge in [0.05, 0.1) is 35.0 Å². The molecule has 0 spiro atoms. The summed E-state index contributed by atoms with van der Waals surface area (Å²) in [5.74, 6) is -1.32. The summed E-state index contributed by atoms with van der Waals surface area (Å²) in [4.78, 5) is 90.6. The van der Waals surface area contributed by atoms with Crippen LogP contribution in [0.5, 0.6) is 11.5 Å². The number of ether oxygens (including phenoxy) is 3. The summed E-state index contributed by atoms with van der Waals surface area (Å²) in [6.07, 6.45) is 3.92. The molecule has 2 aromatic carbocycles. The van der Waals surface area contributed by atoms with Gasteiger partial charge in [0.15, 0.2) is 18.2 Å². The molecule has 3 N–H and O–H groups in total. The highest BCUT2D eigenvalue weighted by molar-refractivity contribution is 6.33. The number of carbonyl (C=O) groups excluding carboxylic acids is 5. The van der Waals surface area contributed by atoms with Gasteiger partial charge in [-0.25, -0.2) is 4.98 Å². The summed E-state index contributed by atoms with van der Waals surface area (Å²) >= 11 is 6.59. The van der Waals surface area contributed by atoms with Gasteiger partial charge < -0.3 is 34.3 Å². The van der Waals surface area contributed by atoms with Crippen LogP contribution >= 0.6 is 11.6 Å². The number of piperidine rings is 2. The minimum absolute atomic E-state index is 0.00467. The Hall–Kier alpha value is -6.11. The zero-order valence-electron chi connectivity index (χ0n) is 34.8. The summed E-state index contributed by atoms with van der Waals surface area (Å²) in [6, 6.07) is 10.8. The Balaban J connectivity index is 0.859. The van der Waals surface area contributed by atoms with E-state index < -0.39 is 29.7 Å². The summed E-state index contributed by atoms with van der Waals surface area (Å²) in [5, 5.41) is 9.08. The first kappa shape index (κ1) is 42.6. The molecule has 18 nitrogen and oxygen atoms in total. The van der Waals surface area contributed by atoms with Crippen molar-refractivity contribution in [2.24, 2.45) is 0 Å². The standard InChI is InChI=1S/C43H48ClN9O9/c1-23(2)52-31-9-8-25(16-24(31)17-34(41(52)58)61-22-36(55)45-3)47-38-30(44)19-46-43(49-38)51-14-12-27(13-15-51)62-28-18-26(50(4)20-28)21-60-33-7-5-6-29-37(33)42(59)53(40(29)57)32-10-11-35(54)48-39(32)56/h5-9,16-17,19,23,26-28,32H,10-15,18,20-22H2,1-4H3,(H,45,55)(H,46,47,49)(H,48,54,56)/t26-,28-,32?/m0/s1. The fourth-order valence-electron chi connectivity index (χ4n) is 8.54. The highest BCUT2D eigenvalue weighted by Gasteiger charge is 2.46. The molecular weight excluding hydrogens is 822 g/mol. The summed E-state index contributed by atoms with van der Waals surface area (Å²) in [5.41, 5.74) is 1.37. The molecule has 0 radical (unpaired) electrons. The molecule has 0 bridgehead atoms. The first-order valence-electron chi connectivity index (χ1n) is 20.7. The number of fused-ring (bicyclic) bond motifs is 2. The van der Waals surface area contributed by atoms with E-state index in [1.807, 2.05) is 39.1 Å². The highest BCUT2D eigenvalue weighted by Crippen LogP contribution is 2.35. The van der Waals surface area contributed by atoms with Gasteiger partial charge in [-0.15, -0.1) is 0 Å². The largest absolute Gasteiger partial charge is 0.491 e. The maximum absolute atomic E-state index is 13.5. The van der Waals surface area contributed by atoms with Crippen LogP contribution in [0.25, 0.3) is 10.9 Å². The Labute approximate surface area is 361 Å². The maximum atomic E-state index is 13.5. The van der Waals surface area contributed by atoms with Crippen LogP contribution in [0.3, 0.4) is 0 Å². The fraction of sp³-hybridized carbons (Fsp3) is 0.442. The molecular formula is C43H48ClN9O9. The molecule has 19 heteroatoms. The topological polar surface area (TPSA) is 207 Å². The Morgan fingerprint density at radius 2 is 1.77 bits per heavy atom. The van der Waals surface area contributed by atoms with Crippen LogP contribution in [0.4, 0.5) is 17.5 Å². The smallest absolute Gasteiger partial charge is 0.293 e. The van der Waals surface area contributed by atoms with Crippen LogP contribution in [0.2, 0.25) is 5.02 Å². The molecule has 8 rings (SSSR count). The fourth-order valence-corrected chi connectivity index (χ4v) is 8.68. The number of halogens is 1. The Morgan fingerprint density at radius 3 is 2.52 bits per heavy atom. The molecule has 1 unspecified atom stereocenters. The van der Waals surface area contributed by atoms with Gasteiger partial charge in [0.2, 0.25) is 17.8 Å². The van der Waals surface area contributed by atoms with E-state index in [4.69, 9.17) is 30.8 Å². The zero-order chi connectivity index (χ0) is 43.8. The van der Waals surface area contributed by atoms with Gasteiger partial charge in [-0.3, -0.25) is 43.9 Å². The van der Waals surface area contributed by atoms with Gasteiger partial charge >= 0.3 is 0 Å². The number of anilines is 3. The lowest BCUT2D eigenvalue weighted by atomic mass is 10.0. The van der Waals surface area contributed by atoms with Gasteiger partial charge in [0, 0.05) is 56.3 Å². The van der Waals surface area contributed by atoms with Crippen molar-refractivity contribution in [3.8, 4) is 11.5 Å². The number of aromatic nitrogens is 3. The molecule has 4 aliphatic heterocycles. The van der Waals surface area contributed by atoms with Gasteiger partial charge in [-0.05, 0) is 83.0 Å². The molecule has 3 atom stereocenters. The lowest BCUT2D eigenvalue weighted by Gasteiger charge is -2.33. The van der Waals surface area contributed by atoms with Crippen LogP contribution in [0.1, 0.15) is 72.7 Å². The number of hydrogen-bond acceptors (Lipinski definition) is 14. The van der Waals surface area contributed by atoms with Crippen LogP contribution in [-0.4, -0.2) is 125 Å². The van der Waals surface area contributed by atoms with Crippen molar-refractivity contribution >= 4 is 69.5 Å². The zero-order valence-corrected chi connectivity index (χ0v) is 35.6. The normalized spacial score (nSPS) is 20.8. The number of amides is 5. The number of pyridine rings is 1. The van der Waals surface area contributed by atoms with Crippen molar-refractivity contribution in [2.45, 2.75) is 76.3 Å². The van der Waals surface area contributed by atoms with Gasteiger partial charge in [0.1, 0.15) is 23.4 Å². The molecule has 0 aliphatic carbocycles. The van der Waals surface area contributed by atoms with Crippen LogP contribution in [0.15, 0.2) is 53.5 Å². The molecule has 4 aliphatic rings. The Bertz CT molecular complexity index is 2510. The second kappa shape index (κ2) is 17.7. The van der Waals surface area contributed by atoms with Crippen molar-refractivity contribution in [2.75, 3.05) is 57.2 Å². The van der Waals surface area contributed by atoms with E-state index in [2.05, 4.69) is 30.7 Å². The average Bonchev–Trinajstić information content (AvgIpc) is 3.73. The lowest BCUT2D eigenvalue weighted by molar-refractivity contribution is -0.136. The lowest BCUT2D eigenvalue weighted by Crippen LogP contribution is -2.54. The minimum atomic E-state index is -1.05. The summed E-state index contributed by atoms with van der Waals surface area (Å²) in [6.45, 7) is 5.84. The van der Waals surface area contributed by atoms with Crippen molar-refractivity contribution in [3.63, 3.8) is 0 Å². The number of nitrogens with zero attached hydrogens (tertiary/aromatic N) is 6. The number of carbonyl (C=O) groups is 5. The maximum Gasteiger partial charge on any atom is 0.293 e. The second-order valence-electron chi connectivity index (χ2n) is 16.2. The van der Waals surface area contributed by atoms with Crippen molar-refractivity contribution in [3.05, 3.63) is 75.2 Å². The van der Waals surface area contributed by atoms with E-state index in [-0.39, 0.29) is 84.4 Å². The number of nitrogens with one attached hydrogen (secondary N) is 3. The van der Waals surface area contributed by atoms with Gasteiger partial charge in [-0.1, -0.05) is 17.7 Å². The van der Waals surface area contributed by atoms with Crippen LogP contribution < -0.4 is 35.9 Å². The first-order chi connectivity index (χ1) is 29.8. The Kier molecular flexibility index (Phi) is 12.2. The minimum Gasteiger partial charge on any atom is -0.491 e. The van der Waals surface area contributed by atoms with Gasteiger partial charge in [0.25, 0.3) is 23.3 Å². The van der Waals surface area contributed by atoms with E-state index in [0.29, 0.717) is 54.0 Å². The average molecular weight is 870 g/mol. The number of hydrogen-bond donors (Lipinski definition) is 3. The van der Waals surface area contributed by atoms with Crippen molar-refractivity contribution in [1.82, 2.24) is 35.0 Å². The first-order valence-corrected chi connectivity index (χ1v) is 21.1. The number of likely N-dealkylation sites (N-methyl/N-ethyl adjacent to an activating group) is 2. The van der Waals surface area contributed by atoms with Crippen molar-refractivity contribution < 1.29 is 38.2 Å². The van der Waals surface area contributed by atoms with Crippen molar-refractivity contribution in [1.29, 1.82) is 0 Å². The number of rotatable bonds is 13. The molecule has 3 fully saturated rings. The molecule has 6 heterocycles. The molecule has 4 aromatic rings. The van der Waals surface area contributed by atoms with Crippen LogP contribution in [0, 0.1) is 0 Å². The van der Waals surface area contributed by atoms with Gasteiger partial charge in [-0.2, -0.15) is 4.98 Å². The second-order valence-corrected chi connectivity index (χ2v) is 16.6. The molecule has 62 heavy (non-hydrogen) atoms. The summed E-state index contributed by atoms with van der Waals surface area (Å²) < 4.78 is 20.0. The van der Waals surface area contributed by atoms with Crippen LogP contribution in [-0.2, 0) is 19.1 Å². The van der Waals surface area contributed by atoms with E-state index >= 15 is 0 Å². The monoisotopic (exact) mass is 869 g/mol. The molecule has 2 aromatic heterocycles. The third-order valence-electron chi connectivity index (χ3n) is 11.8. The Morgan fingerprint density at radius 1 is 0.984 bits per heavy atom. The predicted molar refractivity (Wildman–Crippen MR) is 228 cm³/mol. The summed E-state index contributed by atoms with van der Waals surface area (Å²) in [7, 11) is 3.50. The van der Waals surface area contributed by atoms with E-state index in [1.54, 1.807) is 35.0 Å². The number of imide groups is 2. The predicted octanol–water partition coefficient (Wildman–Crippen LogP) is 3.43. The van der Waals surface area contributed by atoms with E-state index in [0.717, 1.165) is 23.1 Å². The molecule has 0 saturated carbocycles. The SMILES string of the molecule is CNC(=O)COc1cc2cc(Nc3nc(N4CCC(O[C@H]5C[C@@H](COc6cccc7c6C(=O)N(C6CCC(=O)NC6=O)C7=O)N(C)C5)CC4)ncc3Cl)ccc2n(C(C)C)c1=O. The third-order valence-corrected chi connectivity index (χ3v) is 12.0. The highest BCUT2D eigenvalue weighted by atomic mass is 35.5. The molecule has 3 saturated heterocycles. The molecule has 5 amide bonds. The molecule has 326 valence electrons. The van der Waals surface area contributed by atoms with E-state index in [9.17, 15) is 28.8 Å². The quantitative estimate of drug-likeness (QED) is 0.165. The number of likely N-dealkylation sites (tertiary alicyclic amines) is 1. The number of benzene rings is 2. The van der Waals surface area contributed by atoms with E-state index in [1.165, 1.54) is 7.05 Å². The third kappa shape index (κ3) is 8.54.